The Bertz CT molecular complexity index is 622. The van der Waals surface area contributed by atoms with Gasteiger partial charge < -0.3 is 5.73 Å². The summed E-state index contributed by atoms with van der Waals surface area (Å²) in [4.78, 5) is 0. The minimum absolute atomic E-state index is 0.211. The summed E-state index contributed by atoms with van der Waals surface area (Å²) in [5.74, 6) is 0. The molecule has 0 aliphatic carbocycles. The summed E-state index contributed by atoms with van der Waals surface area (Å²) in [6.07, 6.45) is -0.292. The minimum Gasteiger partial charge on any atom is -0.327 e. The van der Waals surface area contributed by atoms with Crippen LogP contribution in [0.3, 0.4) is 0 Å². The largest absolute Gasteiger partial charge is 0.416 e. The van der Waals surface area contributed by atoms with Crippen LogP contribution in [0, 0.1) is 3.57 Å². The summed E-state index contributed by atoms with van der Waals surface area (Å²) in [5.41, 5.74) is 5.75. The van der Waals surface area contributed by atoms with Crippen LogP contribution >= 0.6 is 22.6 Å². The van der Waals surface area contributed by atoms with Gasteiger partial charge in [-0.05, 0) is 53.1 Å². The fourth-order valence-electron chi connectivity index (χ4n) is 2.02. The van der Waals surface area contributed by atoms with Crippen molar-refractivity contribution in [1.82, 2.24) is 9.78 Å². The van der Waals surface area contributed by atoms with Crippen molar-refractivity contribution < 1.29 is 13.2 Å². The van der Waals surface area contributed by atoms with Crippen molar-refractivity contribution in [2.75, 3.05) is 0 Å². The first-order chi connectivity index (χ1) is 9.81. The Labute approximate surface area is 134 Å². The Morgan fingerprint density at radius 3 is 2.62 bits per heavy atom. The molecule has 0 aliphatic rings. The van der Waals surface area contributed by atoms with Gasteiger partial charge in [-0.25, -0.2) is 4.68 Å². The van der Waals surface area contributed by atoms with E-state index in [9.17, 15) is 13.2 Å². The Morgan fingerprint density at radius 1 is 1.38 bits per heavy atom. The van der Waals surface area contributed by atoms with E-state index in [0.717, 1.165) is 9.64 Å². The molecular formula is C14H15F3IN3. The molecule has 0 fully saturated rings. The maximum Gasteiger partial charge on any atom is 0.416 e. The maximum absolute atomic E-state index is 13.2. The first-order valence-corrected chi connectivity index (χ1v) is 7.55. The van der Waals surface area contributed by atoms with Crippen molar-refractivity contribution in [3.05, 3.63) is 45.3 Å². The summed E-state index contributed by atoms with van der Waals surface area (Å²) >= 11 is 2.06. The van der Waals surface area contributed by atoms with Gasteiger partial charge in [-0.1, -0.05) is 13.0 Å². The van der Waals surface area contributed by atoms with Crippen LogP contribution in [0.2, 0.25) is 0 Å². The predicted octanol–water partition coefficient (Wildman–Crippen LogP) is 3.78. The quantitative estimate of drug-likeness (QED) is 0.782. The number of nitrogens with two attached hydrogens (primary N) is 1. The van der Waals surface area contributed by atoms with Gasteiger partial charge in [-0.15, -0.1) is 0 Å². The molecule has 0 spiro atoms. The van der Waals surface area contributed by atoms with Gasteiger partial charge in [0.2, 0.25) is 0 Å². The molecule has 0 aliphatic heterocycles. The number of rotatable bonds is 4. The van der Waals surface area contributed by atoms with Crippen LogP contribution in [-0.2, 0) is 12.6 Å². The number of halogens is 4. The number of nitrogens with zero attached hydrogens (tertiary/aromatic N) is 2. The van der Waals surface area contributed by atoms with Crippen LogP contribution in [0.4, 0.5) is 13.2 Å². The molecule has 2 rings (SSSR count). The molecule has 0 saturated carbocycles. The van der Waals surface area contributed by atoms with Gasteiger partial charge in [-0.2, -0.15) is 18.3 Å². The van der Waals surface area contributed by atoms with Gasteiger partial charge in [-0.3, -0.25) is 0 Å². The van der Waals surface area contributed by atoms with Gasteiger partial charge in [0.05, 0.1) is 21.0 Å². The first kappa shape index (κ1) is 16.3. The summed E-state index contributed by atoms with van der Waals surface area (Å²) in [6.45, 7) is 1.86. The van der Waals surface area contributed by atoms with Crippen LogP contribution in [0.1, 0.15) is 24.5 Å². The summed E-state index contributed by atoms with van der Waals surface area (Å²) in [7, 11) is 0. The molecule has 1 aromatic heterocycles. The zero-order valence-corrected chi connectivity index (χ0v) is 13.5. The highest BCUT2D eigenvalue weighted by atomic mass is 127. The molecule has 0 saturated heterocycles. The van der Waals surface area contributed by atoms with Crippen LogP contribution in [-0.4, -0.2) is 15.8 Å². The first-order valence-electron chi connectivity index (χ1n) is 6.47. The topological polar surface area (TPSA) is 43.8 Å². The lowest BCUT2D eigenvalue weighted by Crippen LogP contribution is -2.23. The van der Waals surface area contributed by atoms with E-state index in [1.807, 2.05) is 6.92 Å². The van der Waals surface area contributed by atoms with Crippen molar-refractivity contribution in [2.24, 2.45) is 5.73 Å². The zero-order chi connectivity index (χ0) is 15.6. The SMILES string of the molecule is CCC(N)Cc1ccc(-n2cc(I)cn2)cc1C(F)(F)F. The Kier molecular flexibility index (Phi) is 4.92. The fourth-order valence-corrected chi connectivity index (χ4v) is 2.41. The lowest BCUT2D eigenvalue weighted by Gasteiger charge is -2.17. The van der Waals surface area contributed by atoms with Crippen molar-refractivity contribution in [2.45, 2.75) is 32.0 Å². The Balaban J connectivity index is 2.44. The average Bonchev–Trinajstić information content (AvgIpc) is 2.84. The van der Waals surface area contributed by atoms with E-state index in [0.29, 0.717) is 12.1 Å². The van der Waals surface area contributed by atoms with Gasteiger partial charge in [0.1, 0.15) is 0 Å². The fraction of sp³-hybridized carbons (Fsp3) is 0.357. The second kappa shape index (κ2) is 6.35. The van der Waals surface area contributed by atoms with E-state index in [-0.39, 0.29) is 18.0 Å². The molecule has 0 amide bonds. The van der Waals surface area contributed by atoms with Crippen molar-refractivity contribution in [1.29, 1.82) is 0 Å². The van der Waals surface area contributed by atoms with E-state index in [2.05, 4.69) is 27.7 Å². The molecule has 2 N–H and O–H groups in total. The number of alkyl halides is 3. The minimum atomic E-state index is -4.40. The monoisotopic (exact) mass is 409 g/mol. The van der Waals surface area contributed by atoms with Gasteiger partial charge in [0, 0.05) is 12.2 Å². The summed E-state index contributed by atoms with van der Waals surface area (Å²) in [6, 6.07) is 3.97. The molecule has 1 unspecified atom stereocenters. The molecule has 1 atom stereocenters. The van der Waals surface area contributed by atoms with Gasteiger partial charge in [0.25, 0.3) is 0 Å². The molecule has 2 aromatic rings. The highest BCUT2D eigenvalue weighted by Crippen LogP contribution is 2.34. The van der Waals surface area contributed by atoms with E-state index in [1.165, 1.54) is 10.7 Å². The smallest absolute Gasteiger partial charge is 0.327 e. The molecule has 0 bridgehead atoms. The van der Waals surface area contributed by atoms with Crippen molar-refractivity contribution in [3.8, 4) is 5.69 Å². The number of hydrogen-bond acceptors (Lipinski definition) is 2. The Morgan fingerprint density at radius 2 is 2.10 bits per heavy atom. The summed E-state index contributed by atoms with van der Waals surface area (Å²) < 4.78 is 42.0. The van der Waals surface area contributed by atoms with Gasteiger partial charge >= 0.3 is 6.18 Å². The molecule has 1 aromatic carbocycles. The van der Waals surface area contributed by atoms with Crippen LogP contribution in [0.25, 0.3) is 5.69 Å². The predicted molar refractivity (Wildman–Crippen MR) is 83.3 cm³/mol. The molecule has 3 nitrogen and oxygen atoms in total. The van der Waals surface area contributed by atoms with E-state index in [1.54, 1.807) is 18.5 Å². The highest BCUT2D eigenvalue weighted by Gasteiger charge is 2.34. The van der Waals surface area contributed by atoms with E-state index in [4.69, 9.17) is 5.73 Å². The zero-order valence-electron chi connectivity index (χ0n) is 11.4. The third-order valence-corrected chi connectivity index (χ3v) is 3.78. The normalized spacial score (nSPS) is 13.4. The lowest BCUT2D eigenvalue weighted by molar-refractivity contribution is -0.138. The average molecular weight is 409 g/mol. The van der Waals surface area contributed by atoms with Crippen LogP contribution in [0.5, 0.6) is 0 Å². The number of hydrogen-bond donors (Lipinski definition) is 1. The van der Waals surface area contributed by atoms with Crippen molar-refractivity contribution >= 4 is 22.6 Å². The third kappa shape index (κ3) is 3.97. The summed E-state index contributed by atoms with van der Waals surface area (Å²) in [5, 5.41) is 4.03. The highest BCUT2D eigenvalue weighted by molar-refractivity contribution is 14.1. The molecule has 21 heavy (non-hydrogen) atoms. The second-order valence-corrected chi connectivity index (χ2v) is 6.06. The number of benzene rings is 1. The number of aromatic nitrogens is 2. The maximum atomic E-state index is 13.2. The standard InChI is InChI=1S/C14H15F3IN3/c1-2-11(19)5-9-3-4-12(6-13(9)14(15,16)17)21-8-10(18)7-20-21/h3-4,6-8,11H,2,5,19H2,1H3. The Hall–Kier alpha value is -1.09. The molecule has 114 valence electrons. The van der Waals surface area contributed by atoms with E-state index >= 15 is 0 Å². The molecule has 1 heterocycles. The van der Waals surface area contributed by atoms with E-state index < -0.39 is 11.7 Å². The third-order valence-electron chi connectivity index (χ3n) is 3.22. The van der Waals surface area contributed by atoms with Gasteiger partial charge in [0.15, 0.2) is 0 Å². The second-order valence-electron chi connectivity index (χ2n) is 4.81. The van der Waals surface area contributed by atoms with Crippen LogP contribution < -0.4 is 5.73 Å². The molecular weight excluding hydrogens is 394 g/mol. The lowest BCUT2D eigenvalue weighted by atomic mass is 9.98. The molecule has 0 radical (unpaired) electrons. The van der Waals surface area contributed by atoms with Crippen LogP contribution in [0.15, 0.2) is 30.6 Å². The molecule has 7 heteroatoms. The van der Waals surface area contributed by atoms with Crippen molar-refractivity contribution in [3.63, 3.8) is 0 Å².